The van der Waals surface area contributed by atoms with Crippen LogP contribution >= 0.6 is 11.3 Å². The van der Waals surface area contributed by atoms with Crippen molar-refractivity contribution in [1.29, 1.82) is 0 Å². The number of aromatic nitrogens is 1. The summed E-state index contributed by atoms with van der Waals surface area (Å²) in [4.78, 5) is 4.80. The average Bonchev–Trinajstić information content (AvgIpc) is 2.52. The van der Waals surface area contributed by atoms with E-state index in [1.165, 1.54) is 11.3 Å². The minimum absolute atomic E-state index is 0.401. The molecule has 4 heteroatoms. The number of nitrogens with one attached hydrogen (secondary N) is 1. The molecule has 1 rings (SSSR count). The molecule has 0 aliphatic carbocycles. The average molecular weight is 172 g/mol. The molecule has 0 radical (unpaired) electrons. The van der Waals surface area contributed by atoms with Crippen molar-refractivity contribution in [2.24, 2.45) is 0 Å². The van der Waals surface area contributed by atoms with Gasteiger partial charge in [0.25, 0.3) is 0 Å². The molecule has 11 heavy (non-hydrogen) atoms. The van der Waals surface area contributed by atoms with Gasteiger partial charge in [-0.05, 0) is 6.54 Å². The number of hydrogen-bond acceptors (Lipinski definition) is 4. The summed E-state index contributed by atoms with van der Waals surface area (Å²) in [5.41, 5.74) is 1.73. The Labute approximate surface area is 70.1 Å². The van der Waals surface area contributed by atoms with E-state index in [1.54, 1.807) is 11.7 Å². The highest BCUT2D eigenvalue weighted by molar-refractivity contribution is 7.09. The Balaban J connectivity index is 2.36. The number of rotatable bonds is 4. The maximum absolute atomic E-state index is 9.45. The summed E-state index contributed by atoms with van der Waals surface area (Å²) in [6.07, 6.45) is 1.30. The lowest BCUT2D eigenvalue weighted by Gasteiger charge is -2.06. The SMILES string of the molecule is CCNCC(O)c1cncs1. The van der Waals surface area contributed by atoms with Gasteiger partial charge < -0.3 is 10.4 Å². The Morgan fingerprint density at radius 3 is 3.18 bits per heavy atom. The van der Waals surface area contributed by atoms with Gasteiger partial charge in [-0.2, -0.15) is 0 Å². The molecule has 0 fully saturated rings. The van der Waals surface area contributed by atoms with Gasteiger partial charge >= 0.3 is 0 Å². The van der Waals surface area contributed by atoms with Crippen molar-refractivity contribution in [2.75, 3.05) is 13.1 Å². The molecule has 0 aliphatic rings. The van der Waals surface area contributed by atoms with Gasteiger partial charge in [-0.3, -0.25) is 4.98 Å². The van der Waals surface area contributed by atoms with Gasteiger partial charge in [0.15, 0.2) is 0 Å². The number of aliphatic hydroxyl groups excluding tert-OH is 1. The van der Waals surface area contributed by atoms with Crippen molar-refractivity contribution in [3.05, 3.63) is 16.6 Å². The van der Waals surface area contributed by atoms with Gasteiger partial charge in [-0.1, -0.05) is 6.92 Å². The number of thiazole rings is 1. The zero-order valence-corrected chi connectivity index (χ0v) is 7.27. The van der Waals surface area contributed by atoms with E-state index in [1.807, 2.05) is 6.92 Å². The van der Waals surface area contributed by atoms with Crippen LogP contribution in [0.15, 0.2) is 11.7 Å². The van der Waals surface area contributed by atoms with Crippen molar-refractivity contribution >= 4 is 11.3 Å². The predicted octanol–water partition coefficient (Wildman–Crippen LogP) is 0.786. The van der Waals surface area contributed by atoms with Gasteiger partial charge in [0.1, 0.15) is 6.10 Å². The van der Waals surface area contributed by atoms with E-state index in [-0.39, 0.29) is 0 Å². The van der Waals surface area contributed by atoms with Crippen molar-refractivity contribution < 1.29 is 5.11 Å². The number of nitrogens with zero attached hydrogens (tertiary/aromatic N) is 1. The second-order valence-electron chi connectivity index (χ2n) is 2.23. The lowest BCUT2D eigenvalue weighted by Crippen LogP contribution is -2.20. The van der Waals surface area contributed by atoms with Crippen LogP contribution in [0.3, 0.4) is 0 Å². The first-order valence-corrected chi connectivity index (χ1v) is 4.49. The third kappa shape index (κ3) is 2.57. The highest BCUT2D eigenvalue weighted by Gasteiger charge is 2.06. The monoisotopic (exact) mass is 172 g/mol. The maximum Gasteiger partial charge on any atom is 0.102 e. The molecule has 62 valence electrons. The maximum atomic E-state index is 9.45. The third-order valence-electron chi connectivity index (χ3n) is 1.37. The van der Waals surface area contributed by atoms with Crippen LogP contribution in [0.2, 0.25) is 0 Å². The fraction of sp³-hybridized carbons (Fsp3) is 0.571. The molecule has 1 atom stereocenters. The van der Waals surface area contributed by atoms with Crippen molar-refractivity contribution in [1.82, 2.24) is 10.3 Å². The van der Waals surface area contributed by atoms with Crippen LogP contribution in [0.25, 0.3) is 0 Å². The van der Waals surface area contributed by atoms with Crippen LogP contribution in [0.4, 0.5) is 0 Å². The molecule has 0 amide bonds. The normalized spacial score (nSPS) is 13.3. The molecule has 0 saturated carbocycles. The van der Waals surface area contributed by atoms with Crippen LogP contribution in [-0.4, -0.2) is 23.2 Å². The van der Waals surface area contributed by atoms with Gasteiger partial charge in [-0.25, -0.2) is 0 Å². The van der Waals surface area contributed by atoms with E-state index in [2.05, 4.69) is 10.3 Å². The number of likely N-dealkylation sites (N-methyl/N-ethyl adjacent to an activating group) is 1. The minimum Gasteiger partial charge on any atom is -0.386 e. The first-order valence-electron chi connectivity index (χ1n) is 3.61. The van der Waals surface area contributed by atoms with Crippen LogP contribution in [0.5, 0.6) is 0 Å². The standard InChI is InChI=1S/C7H12N2OS/c1-2-8-3-6(10)7-4-9-5-11-7/h4-6,8,10H,2-3H2,1H3. The van der Waals surface area contributed by atoms with Crippen molar-refractivity contribution in [2.45, 2.75) is 13.0 Å². The van der Waals surface area contributed by atoms with E-state index in [9.17, 15) is 5.11 Å². The van der Waals surface area contributed by atoms with Gasteiger partial charge in [0.05, 0.1) is 10.4 Å². The molecule has 0 spiro atoms. The quantitative estimate of drug-likeness (QED) is 0.705. The summed E-state index contributed by atoms with van der Waals surface area (Å²) in [5.74, 6) is 0. The number of hydrogen-bond donors (Lipinski definition) is 2. The summed E-state index contributed by atoms with van der Waals surface area (Å²) in [5, 5.41) is 12.5. The number of aliphatic hydroxyl groups is 1. The van der Waals surface area contributed by atoms with Crippen molar-refractivity contribution in [3.8, 4) is 0 Å². The fourth-order valence-corrected chi connectivity index (χ4v) is 1.38. The van der Waals surface area contributed by atoms with E-state index < -0.39 is 6.10 Å². The molecular formula is C7H12N2OS. The summed E-state index contributed by atoms with van der Waals surface area (Å²) in [6.45, 7) is 3.51. The summed E-state index contributed by atoms with van der Waals surface area (Å²) in [6, 6.07) is 0. The van der Waals surface area contributed by atoms with Gasteiger partial charge in [0, 0.05) is 12.7 Å². The molecule has 2 N–H and O–H groups in total. The van der Waals surface area contributed by atoms with E-state index in [4.69, 9.17) is 0 Å². The third-order valence-corrected chi connectivity index (χ3v) is 2.24. The molecule has 0 aromatic carbocycles. The summed E-state index contributed by atoms with van der Waals surface area (Å²) < 4.78 is 0. The Bertz CT molecular complexity index is 188. The first-order chi connectivity index (χ1) is 5.34. The van der Waals surface area contributed by atoms with Crippen LogP contribution in [-0.2, 0) is 0 Å². The molecular weight excluding hydrogens is 160 g/mol. The van der Waals surface area contributed by atoms with Gasteiger partial charge in [0.2, 0.25) is 0 Å². The van der Waals surface area contributed by atoms with E-state index >= 15 is 0 Å². The molecule has 1 aromatic heterocycles. The second kappa shape index (κ2) is 4.43. The fourth-order valence-electron chi connectivity index (χ4n) is 0.772. The van der Waals surface area contributed by atoms with Crippen LogP contribution in [0.1, 0.15) is 17.9 Å². The smallest absolute Gasteiger partial charge is 0.102 e. The lowest BCUT2D eigenvalue weighted by molar-refractivity contribution is 0.179. The highest BCUT2D eigenvalue weighted by atomic mass is 32.1. The largest absolute Gasteiger partial charge is 0.386 e. The Morgan fingerprint density at radius 2 is 2.64 bits per heavy atom. The molecule has 0 saturated heterocycles. The lowest BCUT2D eigenvalue weighted by atomic mass is 10.3. The molecule has 1 unspecified atom stereocenters. The summed E-state index contributed by atoms with van der Waals surface area (Å²) >= 11 is 1.48. The molecule has 1 heterocycles. The predicted molar refractivity (Wildman–Crippen MR) is 45.6 cm³/mol. The van der Waals surface area contributed by atoms with Crippen LogP contribution < -0.4 is 5.32 Å². The Kier molecular flexibility index (Phi) is 3.48. The molecule has 3 nitrogen and oxygen atoms in total. The van der Waals surface area contributed by atoms with E-state index in [0.29, 0.717) is 6.54 Å². The van der Waals surface area contributed by atoms with Crippen molar-refractivity contribution in [3.63, 3.8) is 0 Å². The molecule has 1 aromatic rings. The van der Waals surface area contributed by atoms with E-state index in [0.717, 1.165) is 11.4 Å². The topological polar surface area (TPSA) is 45.1 Å². The summed E-state index contributed by atoms with van der Waals surface area (Å²) in [7, 11) is 0. The first kappa shape index (κ1) is 8.64. The Hall–Kier alpha value is -0.450. The van der Waals surface area contributed by atoms with Gasteiger partial charge in [-0.15, -0.1) is 11.3 Å². The Morgan fingerprint density at radius 1 is 1.82 bits per heavy atom. The van der Waals surface area contributed by atoms with Crippen LogP contribution in [0, 0.1) is 0 Å². The zero-order chi connectivity index (χ0) is 8.10. The highest BCUT2D eigenvalue weighted by Crippen LogP contribution is 2.15. The minimum atomic E-state index is -0.401. The second-order valence-corrected chi connectivity index (χ2v) is 3.15. The molecule has 0 aliphatic heterocycles. The zero-order valence-electron chi connectivity index (χ0n) is 6.45. The molecule has 0 bridgehead atoms.